The van der Waals surface area contributed by atoms with Gasteiger partial charge in [0.25, 0.3) is 0 Å². The van der Waals surface area contributed by atoms with E-state index in [1.165, 1.54) is 6.08 Å². The maximum Gasteiger partial charge on any atom is 0.320 e. The van der Waals surface area contributed by atoms with E-state index in [9.17, 15) is 9.18 Å². The van der Waals surface area contributed by atoms with Gasteiger partial charge in [-0.1, -0.05) is 45.4 Å². The van der Waals surface area contributed by atoms with E-state index in [1.54, 1.807) is 6.08 Å². The van der Waals surface area contributed by atoms with E-state index in [4.69, 9.17) is 9.47 Å². The van der Waals surface area contributed by atoms with Gasteiger partial charge in [0.05, 0.1) is 24.4 Å². The smallest absolute Gasteiger partial charge is 0.320 e. The molecule has 44 heavy (non-hydrogen) atoms. The Morgan fingerprint density at radius 3 is 2.59 bits per heavy atom. The third kappa shape index (κ3) is 6.94. The lowest BCUT2D eigenvalue weighted by Crippen LogP contribution is -2.54. The summed E-state index contributed by atoms with van der Waals surface area (Å²) < 4.78 is 26.8. The zero-order valence-corrected chi connectivity index (χ0v) is 26.9. The number of benzene rings is 1. The van der Waals surface area contributed by atoms with Crippen molar-refractivity contribution in [2.24, 2.45) is 16.3 Å². The Balaban J connectivity index is 1.29. The zero-order valence-electron chi connectivity index (χ0n) is 26.9. The summed E-state index contributed by atoms with van der Waals surface area (Å²) in [4.78, 5) is 22.0. The minimum Gasteiger partial charge on any atom is -0.441 e. The van der Waals surface area contributed by atoms with E-state index in [-0.39, 0.29) is 17.9 Å². The van der Waals surface area contributed by atoms with Crippen LogP contribution in [0.1, 0.15) is 40.2 Å². The summed E-state index contributed by atoms with van der Waals surface area (Å²) >= 11 is 0. The van der Waals surface area contributed by atoms with Crippen LogP contribution in [0.5, 0.6) is 0 Å². The van der Waals surface area contributed by atoms with Crippen LogP contribution in [0.25, 0.3) is 0 Å². The molecular formula is C33H46FN7O3. The minimum atomic E-state index is -1.18. The number of hydrogen-bond donors (Lipinski definition) is 3. The van der Waals surface area contributed by atoms with E-state index in [1.807, 2.05) is 67.2 Å². The van der Waals surface area contributed by atoms with Crippen molar-refractivity contribution in [2.45, 2.75) is 53.3 Å². The van der Waals surface area contributed by atoms with Crippen LogP contribution in [0.15, 0.2) is 76.6 Å². The molecule has 2 amide bonds. The lowest BCUT2D eigenvalue weighted by atomic mass is 9.76. The van der Waals surface area contributed by atoms with Crippen molar-refractivity contribution < 1.29 is 18.7 Å². The molecule has 0 spiro atoms. The van der Waals surface area contributed by atoms with Gasteiger partial charge in [-0.15, -0.1) is 0 Å². The van der Waals surface area contributed by atoms with Crippen molar-refractivity contribution in [1.29, 1.82) is 0 Å². The maximum absolute atomic E-state index is 14.9. The van der Waals surface area contributed by atoms with Crippen molar-refractivity contribution in [2.75, 3.05) is 51.6 Å². The van der Waals surface area contributed by atoms with Gasteiger partial charge in [-0.2, -0.15) is 0 Å². The third-order valence-corrected chi connectivity index (χ3v) is 8.76. The Morgan fingerprint density at radius 2 is 1.91 bits per heavy atom. The largest absolute Gasteiger partial charge is 0.441 e. The van der Waals surface area contributed by atoms with Crippen LogP contribution in [0, 0.1) is 18.3 Å². The van der Waals surface area contributed by atoms with E-state index in [0.717, 1.165) is 30.2 Å². The molecule has 3 N–H and O–H groups in total. The normalized spacial score (nSPS) is 25.9. The topological polar surface area (TPSA) is 93.7 Å². The highest BCUT2D eigenvalue weighted by atomic mass is 19.1. The molecule has 0 saturated carbocycles. The van der Waals surface area contributed by atoms with Crippen LogP contribution in [0.4, 0.5) is 14.9 Å². The first-order valence-electron chi connectivity index (χ1n) is 15.3. The van der Waals surface area contributed by atoms with Crippen LogP contribution in [-0.2, 0) is 9.47 Å². The number of nitrogens with zero attached hydrogens (tertiary/aromatic N) is 4. The van der Waals surface area contributed by atoms with Crippen LogP contribution in [-0.4, -0.2) is 79.9 Å². The van der Waals surface area contributed by atoms with Gasteiger partial charge in [-0.25, -0.2) is 19.6 Å². The molecule has 1 saturated heterocycles. The Morgan fingerprint density at radius 1 is 1.20 bits per heavy atom. The molecule has 10 nitrogen and oxygen atoms in total. The molecule has 5 rings (SSSR count). The molecule has 0 bridgehead atoms. The molecule has 11 heteroatoms. The SMILES string of the molecule is Cc1ccc(N2NC(C)(C(C)(C)C)C=C2NC(=O)NCC2=CC(F)C(C)C=C2OC2=CC(N3CCOCC3)=NCN2C)cc1. The molecule has 3 unspecified atom stereocenters. The highest BCUT2D eigenvalue weighted by Gasteiger charge is 2.43. The first kappa shape index (κ1) is 31.6. The molecule has 3 aliphatic heterocycles. The Bertz CT molecular complexity index is 1390. The molecule has 3 atom stereocenters. The first-order chi connectivity index (χ1) is 20.8. The lowest BCUT2D eigenvalue weighted by Gasteiger charge is -2.38. The van der Waals surface area contributed by atoms with E-state index >= 15 is 0 Å². The second-order valence-electron chi connectivity index (χ2n) is 13.1. The zero-order chi connectivity index (χ0) is 31.6. The third-order valence-electron chi connectivity index (χ3n) is 8.76. The number of carbonyl (C=O) groups is 1. The number of nitrogens with one attached hydrogen (secondary N) is 3. The van der Waals surface area contributed by atoms with Gasteiger partial charge in [0.15, 0.2) is 0 Å². The number of ether oxygens (including phenoxy) is 2. The van der Waals surface area contributed by atoms with Crippen molar-refractivity contribution >= 4 is 17.6 Å². The summed E-state index contributed by atoms with van der Waals surface area (Å²) in [5, 5.41) is 7.84. The number of alkyl halides is 1. The number of anilines is 1. The molecular weight excluding hydrogens is 561 g/mol. The second kappa shape index (κ2) is 12.6. The molecule has 3 heterocycles. The van der Waals surface area contributed by atoms with Crippen molar-refractivity contribution in [3.05, 3.63) is 77.2 Å². The number of halogens is 1. The average Bonchev–Trinajstić information content (AvgIpc) is 3.33. The van der Waals surface area contributed by atoms with E-state index in [0.29, 0.717) is 42.9 Å². The van der Waals surface area contributed by atoms with Gasteiger partial charge < -0.3 is 24.6 Å². The number of hydrazine groups is 1. The van der Waals surface area contributed by atoms with Gasteiger partial charge >= 0.3 is 6.03 Å². The Kier molecular flexibility index (Phi) is 9.08. The second-order valence-corrected chi connectivity index (χ2v) is 13.1. The fourth-order valence-corrected chi connectivity index (χ4v) is 5.20. The monoisotopic (exact) mass is 607 g/mol. The van der Waals surface area contributed by atoms with Gasteiger partial charge in [-0.05, 0) is 49.6 Å². The van der Waals surface area contributed by atoms with Gasteiger partial charge in [-0.3, -0.25) is 10.3 Å². The van der Waals surface area contributed by atoms with E-state index < -0.39 is 17.7 Å². The summed E-state index contributed by atoms with van der Waals surface area (Å²) in [6, 6.07) is 7.70. The summed E-state index contributed by atoms with van der Waals surface area (Å²) in [6.07, 6.45) is 6.08. The van der Waals surface area contributed by atoms with Crippen LogP contribution < -0.4 is 21.1 Å². The fraction of sp³-hybridized carbons (Fsp3) is 0.515. The number of urea groups is 1. The standard InChI is InChI=1S/C33H46FN7O3/c1-22-8-10-25(11-9-22)41-29(19-33(6,38-41)32(3,4)5)37-31(42)35-20-24-17-26(34)23(2)16-27(24)44-30-18-28(36-21-39(30)7)40-12-14-43-15-13-40/h8-11,16-19,23,26,38H,12-15,20-21H2,1-7H3,(H2,35,37,42). The Hall–Kier alpha value is -3.83. The number of rotatable bonds is 6. The predicted molar refractivity (Wildman–Crippen MR) is 171 cm³/mol. The summed E-state index contributed by atoms with van der Waals surface area (Å²) in [5.41, 5.74) is 5.64. The number of morpholine rings is 1. The molecule has 0 radical (unpaired) electrons. The molecule has 1 aromatic carbocycles. The number of amides is 2. The first-order valence-corrected chi connectivity index (χ1v) is 15.3. The summed E-state index contributed by atoms with van der Waals surface area (Å²) in [7, 11) is 1.90. The molecule has 4 aliphatic rings. The number of aliphatic imine (C=N–C) groups is 1. The number of amidine groups is 1. The van der Waals surface area contributed by atoms with Gasteiger partial charge in [0.2, 0.25) is 5.88 Å². The Labute approximate surface area is 260 Å². The van der Waals surface area contributed by atoms with Crippen molar-refractivity contribution in [3.63, 3.8) is 0 Å². The number of aryl methyl sites for hydroxylation is 1. The van der Waals surface area contributed by atoms with Crippen LogP contribution in [0.2, 0.25) is 0 Å². The van der Waals surface area contributed by atoms with Crippen molar-refractivity contribution in [3.8, 4) is 0 Å². The predicted octanol–water partition coefficient (Wildman–Crippen LogP) is 4.55. The van der Waals surface area contributed by atoms with Gasteiger partial charge in [0, 0.05) is 44.2 Å². The summed E-state index contributed by atoms with van der Waals surface area (Å²) in [5.74, 6) is 2.24. The highest BCUT2D eigenvalue weighted by molar-refractivity contribution is 5.94. The van der Waals surface area contributed by atoms with Crippen LogP contribution in [0.3, 0.4) is 0 Å². The van der Waals surface area contributed by atoms with Gasteiger partial charge in [0.1, 0.15) is 30.3 Å². The van der Waals surface area contributed by atoms with Crippen LogP contribution >= 0.6 is 0 Å². The molecule has 1 aliphatic carbocycles. The number of carbonyl (C=O) groups excluding carboxylic acids is 1. The van der Waals surface area contributed by atoms with Crippen molar-refractivity contribution in [1.82, 2.24) is 25.9 Å². The lowest BCUT2D eigenvalue weighted by molar-refractivity contribution is 0.0674. The van der Waals surface area contributed by atoms with E-state index in [2.05, 4.69) is 53.6 Å². The molecule has 1 fully saturated rings. The molecule has 0 aromatic heterocycles. The number of allylic oxidation sites excluding steroid dienone is 2. The quantitative estimate of drug-likeness (QED) is 0.437. The summed E-state index contributed by atoms with van der Waals surface area (Å²) in [6.45, 7) is 15.8. The average molecular weight is 608 g/mol. The number of hydrogen-bond acceptors (Lipinski definition) is 8. The minimum absolute atomic E-state index is 0.0913. The highest BCUT2D eigenvalue weighted by Crippen LogP contribution is 2.38. The fourth-order valence-electron chi connectivity index (χ4n) is 5.20. The maximum atomic E-state index is 14.9. The molecule has 1 aromatic rings. The molecule has 238 valence electrons.